The number of carbonyl (C=O) groups is 1. The highest BCUT2D eigenvalue weighted by atomic mass is 32.2. The van der Waals surface area contributed by atoms with E-state index in [0.717, 1.165) is 10.2 Å². The maximum atomic E-state index is 11.9. The number of hydrogen-bond acceptors (Lipinski definition) is 5. The predicted molar refractivity (Wildman–Crippen MR) is 79.0 cm³/mol. The van der Waals surface area contributed by atoms with Crippen molar-refractivity contribution in [3.63, 3.8) is 0 Å². The quantitative estimate of drug-likeness (QED) is 0.683. The molecule has 0 atom stereocenters. The number of hydrogen-bond donors (Lipinski definition) is 0. The van der Waals surface area contributed by atoms with Gasteiger partial charge >= 0.3 is 5.91 Å². The molecular weight excluding hydrogens is 294 g/mol. The Morgan fingerprint density at radius 1 is 1.45 bits per heavy atom. The van der Waals surface area contributed by atoms with E-state index >= 15 is 0 Å². The Balaban J connectivity index is 2.12. The molecule has 0 aliphatic carbocycles. The number of thiazole rings is 1. The lowest BCUT2D eigenvalue weighted by Gasteiger charge is -1.97. The summed E-state index contributed by atoms with van der Waals surface area (Å²) in [6, 6.07) is 7.70. The standard InChI is InChI=1S/C13H11N3O2S2/c1-16-9-4-3-8(19-2)7-11(9)20-13(16)15-12(17)10-5-6-14-18-10/h3-7H,1-2H3. The van der Waals surface area contributed by atoms with Gasteiger partial charge in [0.05, 0.1) is 16.4 Å². The number of aromatic nitrogens is 2. The number of nitrogens with zero attached hydrogens (tertiary/aromatic N) is 3. The zero-order valence-electron chi connectivity index (χ0n) is 10.9. The molecule has 0 bridgehead atoms. The minimum atomic E-state index is -0.422. The molecule has 3 aromatic rings. The molecule has 20 heavy (non-hydrogen) atoms. The van der Waals surface area contributed by atoms with Crippen LogP contribution in [0.15, 0.2) is 44.9 Å². The van der Waals surface area contributed by atoms with Gasteiger partial charge in [0.15, 0.2) is 4.80 Å². The topological polar surface area (TPSA) is 60.4 Å². The lowest BCUT2D eigenvalue weighted by Crippen LogP contribution is -2.12. The molecule has 1 amide bonds. The van der Waals surface area contributed by atoms with Crippen molar-refractivity contribution >= 4 is 39.2 Å². The molecule has 0 saturated heterocycles. The fourth-order valence-corrected chi connectivity index (χ4v) is 3.39. The van der Waals surface area contributed by atoms with E-state index < -0.39 is 5.91 Å². The van der Waals surface area contributed by atoms with Gasteiger partial charge in [-0.3, -0.25) is 4.79 Å². The predicted octanol–water partition coefficient (Wildman–Crippen LogP) is 2.69. The Labute approximate surface area is 122 Å². The molecule has 0 fully saturated rings. The molecular formula is C13H11N3O2S2. The number of rotatable bonds is 2. The van der Waals surface area contributed by atoms with Crippen molar-refractivity contribution in [2.45, 2.75) is 4.90 Å². The number of benzene rings is 1. The largest absolute Gasteiger partial charge is 0.351 e. The van der Waals surface area contributed by atoms with E-state index in [-0.39, 0.29) is 5.76 Å². The lowest BCUT2D eigenvalue weighted by atomic mass is 10.3. The van der Waals surface area contributed by atoms with Gasteiger partial charge < -0.3 is 9.09 Å². The minimum absolute atomic E-state index is 0.146. The summed E-state index contributed by atoms with van der Waals surface area (Å²) < 4.78 is 7.82. The summed E-state index contributed by atoms with van der Waals surface area (Å²) >= 11 is 3.17. The average molecular weight is 305 g/mol. The van der Waals surface area contributed by atoms with E-state index in [1.165, 1.54) is 28.5 Å². The number of fused-ring (bicyclic) bond motifs is 1. The molecule has 102 valence electrons. The van der Waals surface area contributed by atoms with Gasteiger partial charge in [-0.15, -0.1) is 11.8 Å². The second-order valence-corrected chi connectivity index (χ2v) is 5.96. The Hall–Kier alpha value is -1.86. The van der Waals surface area contributed by atoms with Crippen LogP contribution in [0.5, 0.6) is 0 Å². The van der Waals surface area contributed by atoms with Gasteiger partial charge in [0.1, 0.15) is 0 Å². The molecule has 0 aliphatic heterocycles. The van der Waals surface area contributed by atoms with E-state index in [4.69, 9.17) is 4.52 Å². The van der Waals surface area contributed by atoms with Crippen molar-refractivity contribution in [1.82, 2.24) is 9.72 Å². The number of aryl methyl sites for hydroxylation is 1. The summed E-state index contributed by atoms with van der Waals surface area (Å²) in [5, 5.41) is 3.51. The molecule has 7 heteroatoms. The van der Waals surface area contributed by atoms with E-state index in [9.17, 15) is 4.79 Å². The number of thioether (sulfide) groups is 1. The molecule has 5 nitrogen and oxygen atoms in total. The second kappa shape index (κ2) is 5.26. The minimum Gasteiger partial charge on any atom is -0.351 e. The third kappa shape index (κ3) is 2.30. The molecule has 0 radical (unpaired) electrons. The first-order chi connectivity index (χ1) is 9.69. The van der Waals surface area contributed by atoms with Crippen molar-refractivity contribution in [3.8, 4) is 0 Å². The van der Waals surface area contributed by atoms with Crippen molar-refractivity contribution < 1.29 is 9.32 Å². The fraction of sp³-hybridized carbons (Fsp3) is 0.154. The molecule has 0 aliphatic rings. The maximum Gasteiger partial charge on any atom is 0.318 e. The number of carbonyl (C=O) groups excluding carboxylic acids is 1. The van der Waals surface area contributed by atoms with Crippen LogP contribution >= 0.6 is 23.1 Å². The smallest absolute Gasteiger partial charge is 0.318 e. The lowest BCUT2D eigenvalue weighted by molar-refractivity contribution is 0.0962. The van der Waals surface area contributed by atoms with E-state index in [1.54, 1.807) is 11.8 Å². The van der Waals surface area contributed by atoms with Gasteiger partial charge in [0, 0.05) is 18.0 Å². The fourth-order valence-electron chi connectivity index (χ4n) is 1.82. The van der Waals surface area contributed by atoms with Crippen LogP contribution in [0.25, 0.3) is 10.2 Å². The highest BCUT2D eigenvalue weighted by molar-refractivity contribution is 7.98. The van der Waals surface area contributed by atoms with Crippen LogP contribution in [-0.2, 0) is 7.05 Å². The summed E-state index contributed by atoms with van der Waals surface area (Å²) in [5.41, 5.74) is 1.05. The van der Waals surface area contributed by atoms with Crippen molar-refractivity contribution in [1.29, 1.82) is 0 Å². The highest BCUT2D eigenvalue weighted by Crippen LogP contribution is 2.23. The Morgan fingerprint density at radius 3 is 3.00 bits per heavy atom. The molecule has 2 heterocycles. The first-order valence-electron chi connectivity index (χ1n) is 5.82. The summed E-state index contributed by atoms with van der Waals surface area (Å²) in [7, 11) is 1.89. The Bertz CT molecular complexity index is 831. The summed E-state index contributed by atoms with van der Waals surface area (Å²) in [6.07, 6.45) is 3.46. The first kappa shape index (κ1) is 13.1. The van der Waals surface area contributed by atoms with Crippen LogP contribution in [0.4, 0.5) is 0 Å². The molecule has 3 rings (SSSR count). The van der Waals surface area contributed by atoms with Gasteiger partial charge in [0.2, 0.25) is 5.76 Å². The Morgan fingerprint density at radius 2 is 2.30 bits per heavy atom. The van der Waals surface area contributed by atoms with Crippen molar-refractivity contribution in [2.24, 2.45) is 12.0 Å². The van der Waals surface area contributed by atoms with Crippen molar-refractivity contribution in [2.75, 3.05) is 6.26 Å². The first-order valence-corrected chi connectivity index (χ1v) is 7.86. The summed E-state index contributed by atoms with van der Waals surface area (Å²) in [4.78, 5) is 17.8. The van der Waals surface area contributed by atoms with Gasteiger partial charge in [-0.25, -0.2) is 0 Å². The van der Waals surface area contributed by atoms with E-state index in [1.807, 2.05) is 23.9 Å². The van der Waals surface area contributed by atoms with Crippen LogP contribution in [0.3, 0.4) is 0 Å². The van der Waals surface area contributed by atoms with Crippen LogP contribution in [0.1, 0.15) is 10.6 Å². The van der Waals surface area contributed by atoms with Crippen molar-refractivity contribution in [3.05, 3.63) is 41.0 Å². The van der Waals surface area contributed by atoms with Crippen LogP contribution < -0.4 is 4.80 Å². The van der Waals surface area contributed by atoms with Gasteiger partial charge in [-0.05, 0) is 24.5 Å². The molecule has 0 unspecified atom stereocenters. The summed E-state index contributed by atoms with van der Waals surface area (Å²) in [6.45, 7) is 0. The van der Waals surface area contributed by atoms with Crippen LogP contribution in [0.2, 0.25) is 0 Å². The van der Waals surface area contributed by atoms with Crippen LogP contribution in [-0.4, -0.2) is 21.9 Å². The zero-order chi connectivity index (χ0) is 14.1. The number of amides is 1. The SMILES string of the molecule is CSc1ccc2c(c1)sc(=NC(=O)c1ccno1)n2C. The highest BCUT2D eigenvalue weighted by Gasteiger charge is 2.10. The molecule has 1 aromatic carbocycles. The monoisotopic (exact) mass is 305 g/mol. The van der Waals surface area contributed by atoms with E-state index in [2.05, 4.69) is 22.3 Å². The molecule has 2 aromatic heterocycles. The van der Waals surface area contributed by atoms with E-state index in [0.29, 0.717) is 4.80 Å². The summed E-state index contributed by atoms with van der Waals surface area (Å²) in [5.74, 6) is -0.276. The third-order valence-electron chi connectivity index (χ3n) is 2.86. The maximum absolute atomic E-state index is 11.9. The average Bonchev–Trinajstić information content (AvgIpc) is 3.08. The Kier molecular flexibility index (Phi) is 3.45. The van der Waals surface area contributed by atoms with Gasteiger partial charge in [-0.1, -0.05) is 16.5 Å². The molecule has 0 spiro atoms. The van der Waals surface area contributed by atoms with Gasteiger partial charge in [-0.2, -0.15) is 4.99 Å². The molecule has 0 saturated carbocycles. The zero-order valence-corrected chi connectivity index (χ0v) is 12.5. The molecule has 0 N–H and O–H groups in total. The third-order valence-corrected chi connectivity index (χ3v) is 4.68. The van der Waals surface area contributed by atoms with Gasteiger partial charge in [0.25, 0.3) is 0 Å². The van der Waals surface area contributed by atoms with Crippen LogP contribution in [0, 0.1) is 0 Å². The second-order valence-electron chi connectivity index (χ2n) is 4.07. The normalized spacial score (nSPS) is 12.2.